The summed E-state index contributed by atoms with van der Waals surface area (Å²) in [6, 6.07) is 7.53. The van der Waals surface area contributed by atoms with Crippen LogP contribution in [0.3, 0.4) is 0 Å². The Kier molecular flexibility index (Phi) is 5.60. The number of ether oxygens (including phenoxy) is 1. The summed E-state index contributed by atoms with van der Waals surface area (Å²) in [5.41, 5.74) is 1.70. The van der Waals surface area contributed by atoms with E-state index < -0.39 is 0 Å². The van der Waals surface area contributed by atoms with Crippen LogP contribution in [0.4, 0.5) is 10.5 Å². The predicted molar refractivity (Wildman–Crippen MR) is 81.9 cm³/mol. The smallest absolute Gasteiger partial charge is 0.409 e. The highest BCUT2D eigenvalue weighted by atomic mass is 16.6. The summed E-state index contributed by atoms with van der Waals surface area (Å²) in [4.78, 5) is 26.6. The monoisotopic (exact) mass is 290 g/mol. The summed E-state index contributed by atoms with van der Waals surface area (Å²) < 4.78 is 5.22. The van der Waals surface area contributed by atoms with E-state index in [1.807, 2.05) is 18.2 Å². The molecule has 1 aromatic carbocycles. The molecule has 1 aromatic rings. The number of aldehydes is 1. The molecule has 0 radical (unpaired) electrons. The van der Waals surface area contributed by atoms with Gasteiger partial charge in [-0.05, 0) is 18.6 Å². The molecule has 2 rings (SSSR count). The zero-order valence-electron chi connectivity index (χ0n) is 12.5. The molecule has 1 aliphatic heterocycles. The number of carbonyl (C=O) groups is 2. The minimum Gasteiger partial charge on any atom is -0.449 e. The number of benzene rings is 1. The van der Waals surface area contributed by atoms with E-state index in [0.717, 1.165) is 37.9 Å². The number of unbranched alkanes of at least 4 members (excludes halogenated alkanes) is 1. The maximum absolute atomic E-state index is 11.9. The zero-order chi connectivity index (χ0) is 15.1. The number of amides is 1. The molecule has 1 aliphatic rings. The minimum absolute atomic E-state index is 0.218. The molecule has 0 bridgehead atoms. The van der Waals surface area contributed by atoms with Gasteiger partial charge in [-0.2, -0.15) is 0 Å². The molecule has 1 heterocycles. The highest BCUT2D eigenvalue weighted by Crippen LogP contribution is 2.17. The second kappa shape index (κ2) is 7.67. The van der Waals surface area contributed by atoms with E-state index in [-0.39, 0.29) is 6.09 Å². The number of piperazine rings is 1. The second-order valence-corrected chi connectivity index (χ2v) is 5.15. The molecule has 0 saturated carbocycles. The van der Waals surface area contributed by atoms with Crippen LogP contribution in [0.25, 0.3) is 0 Å². The van der Waals surface area contributed by atoms with Crippen LogP contribution in [-0.2, 0) is 4.74 Å². The van der Waals surface area contributed by atoms with Crippen molar-refractivity contribution < 1.29 is 14.3 Å². The number of rotatable bonds is 5. The lowest BCUT2D eigenvalue weighted by Crippen LogP contribution is -2.49. The Morgan fingerprint density at radius 3 is 2.71 bits per heavy atom. The highest BCUT2D eigenvalue weighted by molar-refractivity contribution is 5.77. The van der Waals surface area contributed by atoms with Gasteiger partial charge in [-0.25, -0.2) is 4.79 Å². The van der Waals surface area contributed by atoms with Gasteiger partial charge in [0.2, 0.25) is 0 Å². The SMILES string of the molecule is CCCCOC(=O)N1CCN(c2cccc(C=O)c2)CC1. The van der Waals surface area contributed by atoms with Crippen molar-refractivity contribution in [3.63, 3.8) is 0 Å². The molecule has 5 nitrogen and oxygen atoms in total. The number of hydrogen-bond acceptors (Lipinski definition) is 4. The van der Waals surface area contributed by atoms with E-state index >= 15 is 0 Å². The highest BCUT2D eigenvalue weighted by Gasteiger charge is 2.22. The maximum Gasteiger partial charge on any atom is 0.409 e. The lowest BCUT2D eigenvalue weighted by Gasteiger charge is -2.35. The van der Waals surface area contributed by atoms with Crippen molar-refractivity contribution in [1.82, 2.24) is 4.90 Å². The summed E-state index contributed by atoms with van der Waals surface area (Å²) in [6.07, 6.45) is 2.56. The minimum atomic E-state index is -0.218. The van der Waals surface area contributed by atoms with Crippen LogP contribution in [0.1, 0.15) is 30.1 Å². The molecule has 0 spiro atoms. The third kappa shape index (κ3) is 4.21. The predicted octanol–water partition coefficient (Wildman–Crippen LogP) is 2.56. The molecule has 0 aliphatic carbocycles. The van der Waals surface area contributed by atoms with Gasteiger partial charge in [0, 0.05) is 37.4 Å². The third-order valence-electron chi connectivity index (χ3n) is 3.63. The quantitative estimate of drug-likeness (QED) is 0.618. The first-order chi connectivity index (χ1) is 10.2. The third-order valence-corrected chi connectivity index (χ3v) is 3.63. The van der Waals surface area contributed by atoms with Crippen molar-refractivity contribution in [2.45, 2.75) is 19.8 Å². The summed E-state index contributed by atoms with van der Waals surface area (Å²) in [7, 11) is 0. The van der Waals surface area contributed by atoms with Crippen LogP contribution >= 0.6 is 0 Å². The average molecular weight is 290 g/mol. The second-order valence-electron chi connectivity index (χ2n) is 5.15. The van der Waals surface area contributed by atoms with Crippen molar-refractivity contribution in [2.24, 2.45) is 0 Å². The molecule has 21 heavy (non-hydrogen) atoms. The standard InChI is InChI=1S/C16H22N2O3/c1-2-3-11-21-16(20)18-9-7-17(8-10-18)15-6-4-5-14(12-15)13-19/h4-6,12-13H,2-3,7-11H2,1H3. The lowest BCUT2D eigenvalue weighted by molar-refractivity contribution is 0.0989. The van der Waals surface area contributed by atoms with Crippen LogP contribution in [0.2, 0.25) is 0 Å². The fourth-order valence-corrected chi connectivity index (χ4v) is 2.34. The number of nitrogens with zero attached hydrogens (tertiary/aromatic N) is 2. The van der Waals surface area contributed by atoms with E-state index in [1.54, 1.807) is 11.0 Å². The number of carbonyl (C=O) groups excluding carboxylic acids is 2. The van der Waals surface area contributed by atoms with Gasteiger partial charge in [0.05, 0.1) is 6.61 Å². The number of hydrogen-bond donors (Lipinski definition) is 0. The van der Waals surface area contributed by atoms with Gasteiger partial charge in [0.25, 0.3) is 0 Å². The Hall–Kier alpha value is -2.04. The van der Waals surface area contributed by atoms with Crippen LogP contribution in [0.15, 0.2) is 24.3 Å². The van der Waals surface area contributed by atoms with Crippen molar-refractivity contribution in [1.29, 1.82) is 0 Å². The Labute approximate surface area is 125 Å². The molecule has 0 aromatic heterocycles. The van der Waals surface area contributed by atoms with Crippen LogP contribution in [0, 0.1) is 0 Å². The summed E-state index contributed by atoms with van der Waals surface area (Å²) >= 11 is 0. The largest absolute Gasteiger partial charge is 0.449 e. The van der Waals surface area contributed by atoms with Crippen LogP contribution in [0.5, 0.6) is 0 Å². The van der Waals surface area contributed by atoms with Gasteiger partial charge < -0.3 is 14.5 Å². The van der Waals surface area contributed by atoms with E-state index in [2.05, 4.69) is 11.8 Å². The van der Waals surface area contributed by atoms with E-state index in [0.29, 0.717) is 25.3 Å². The Morgan fingerprint density at radius 2 is 2.05 bits per heavy atom. The molecule has 1 saturated heterocycles. The average Bonchev–Trinajstić information content (AvgIpc) is 2.55. The van der Waals surface area contributed by atoms with Gasteiger partial charge in [-0.3, -0.25) is 4.79 Å². The Morgan fingerprint density at radius 1 is 1.29 bits per heavy atom. The molecule has 0 atom stereocenters. The van der Waals surface area contributed by atoms with E-state index in [1.165, 1.54) is 0 Å². The van der Waals surface area contributed by atoms with Gasteiger partial charge >= 0.3 is 6.09 Å². The van der Waals surface area contributed by atoms with Crippen molar-refractivity contribution in [3.05, 3.63) is 29.8 Å². The zero-order valence-corrected chi connectivity index (χ0v) is 12.5. The summed E-state index contributed by atoms with van der Waals surface area (Å²) in [5.74, 6) is 0. The topological polar surface area (TPSA) is 49.9 Å². The molecule has 1 amide bonds. The maximum atomic E-state index is 11.9. The first-order valence-corrected chi connectivity index (χ1v) is 7.46. The first kappa shape index (κ1) is 15.4. The molecular weight excluding hydrogens is 268 g/mol. The van der Waals surface area contributed by atoms with Crippen molar-refractivity contribution in [3.8, 4) is 0 Å². The van der Waals surface area contributed by atoms with Crippen LogP contribution < -0.4 is 4.90 Å². The molecule has 5 heteroatoms. The van der Waals surface area contributed by atoms with Gasteiger partial charge in [-0.1, -0.05) is 25.5 Å². The molecule has 0 unspecified atom stereocenters. The lowest BCUT2D eigenvalue weighted by atomic mass is 10.2. The molecule has 0 N–H and O–H groups in total. The van der Waals surface area contributed by atoms with E-state index in [9.17, 15) is 9.59 Å². The number of anilines is 1. The van der Waals surface area contributed by atoms with Gasteiger partial charge in [0.1, 0.15) is 6.29 Å². The van der Waals surface area contributed by atoms with Crippen molar-refractivity contribution >= 4 is 18.1 Å². The van der Waals surface area contributed by atoms with Gasteiger partial charge in [-0.15, -0.1) is 0 Å². The summed E-state index contributed by atoms with van der Waals surface area (Å²) in [5, 5.41) is 0. The summed E-state index contributed by atoms with van der Waals surface area (Å²) in [6.45, 7) is 5.37. The van der Waals surface area contributed by atoms with Crippen molar-refractivity contribution in [2.75, 3.05) is 37.7 Å². The van der Waals surface area contributed by atoms with Gasteiger partial charge in [0.15, 0.2) is 0 Å². The Balaban J connectivity index is 1.85. The fourth-order valence-electron chi connectivity index (χ4n) is 2.34. The molecule has 114 valence electrons. The molecular formula is C16H22N2O3. The molecule has 1 fully saturated rings. The normalized spacial score (nSPS) is 14.9. The Bertz CT molecular complexity index is 482. The first-order valence-electron chi connectivity index (χ1n) is 7.46. The van der Waals surface area contributed by atoms with E-state index in [4.69, 9.17) is 4.74 Å². The van der Waals surface area contributed by atoms with Crippen LogP contribution in [-0.4, -0.2) is 50.1 Å². The fraction of sp³-hybridized carbons (Fsp3) is 0.500.